The van der Waals surface area contributed by atoms with Crippen LogP contribution in [0.1, 0.15) is 18.5 Å². The van der Waals surface area contributed by atoms with E-state index in [1.807, 2.05) is 35.7 Å². The Morgan fingerprint density at radius 3 is 2.63 bits per heavy atom. The maximum absolute atomic E-state index is 9.53. The molecule has 4 heteroatoms. The minimum Gasteiger partial charge on any atom is -0.381 e. The molecule has 1 saturated heterocycles. The molecule has 2 heterocycles. The van der Waals surface area contributed by atoms with Gasteiger partial charge in [-0.05, 0) is 12.8 Å². The highest BCUT2D eigenvalue weighted by molar-refractivity contribution is 7.13. The minimum atomic E-state index is -0.457. The summed E-state index contributed by atoms with van der Waals surface area (Å²) in [6.45, 7) is 1.29. The monoisotopic (exact) mass is 270 g/mol. The Hall–Kier alpha value is -1.70. The fraction of sp³-hybridized carbons (Fsp3) is 0.333. The number of ether oxygens (including phenoxy) is 1. The number of rotatable bonds is 2. The number of nitriles is 1. The Bertz CT molecular complexity index is 594. The van der Waals surface area contributed by atoms with Crippen molar-refractivity contribution >= 4 is 11.3 Å². The van der Waals surface area contributed by atoms with Crippen molar-refractivity contribution in [2.45, 2.75) is 18.3 Å². The van der Waals surface area contributed by atoms with Crippen LogP contribution in [0.3, 0.4) is 0 Å². The number of benzene rings is 1. The van der Waals surface area contributed by atoms with E-state index in [4.69, 9.17) is 4.74 Å². The molecule has 2 aromatic rings. The second-order valence-electron chi connectivity index (χ2n) is 4.71. The van der Waals surface area contributed by atoms with Gasteiger partial charge in [-0.3, -0.25) is 0 Å². The zero-order chi connectivity index (χ0) is 13.1. The molecule has 0 spiro atoms. The molecule has 1 fully saturated rings. The summed E-state index contributed by atoms with van der Waals surface area (Å²) in [6, 6.07) is 12.6. The molecule has 1 aliphatic heterocycles. The second kappa shape index (κ2) is 5.12. The van der Waals surface area contributed by atoms with E-state index in [2.05, 4.69) is 11.1 Å². The summed E-state index contributed by atoms with van der Waals surface area (Å²) < 4.78 is 5.36. The predicted molar refractivity (Wildman–Crippen MR) is 74.9 cm³/mol. The average molecular weight is 270 g/mol. The number of hydrogen-bond donors (Lipinski definition) is 0. The van der Waals surface area contributed by atoms with Gasteiger partial charge in [0, 0.05) is 24.2 Å². The van der Waals surface area contributed by atoms with E-state index >= 15 is 0 Å². The summed E-state index contributed by atoms with van der Waals surface area (Å²) in [7, 11) is 0. The molecule has 0 bridgehead atoms. The van der Waals surface area contributed by atoms with E-state index in [9.17, 15) is 5.26 Å². The van der Waals surface area contributed by atoms with Gasteiger partial charge in [0.15, 0.2) is 0 Å². The lowest BCUT2D eigenvalue weighted by Gasteiger charge is -2.28. The van der Waals surface area contributed by atoms with Gasteiger partial charge in [0.2, 0.25) is 0 Å². The van der Waals surface area contributed by atoms with Crippen molar-refractivity contribution in [1.29, 1.82) is 5.26 Å². The molecule has 3 rings (SSSR count). The highest BCUT2D eigenvalue weighted by Gasteiger charge is 2.36. The van der Waals surface area contributed by atoms with Crippen LogP contribution >= 0.6 is 11.3 Å². The molecular formula is C15H14N2OS. The first kappa shape index (κ1) is 12.3. The lowest BCUT2D eigenvalue weighted by molar-refractivity contribution is 0.0665. The lowest BCUT2D eigenvalue weighted by Crippen LogP contribution is -2.32. The Balaban J connectivity index is 1.95. The van der Waals surface area contributed by atoms with Crippen LogP contribution in [0.2, 0.25) is 0 Å². The minimum absolute atomic E-state index is 0.457. The highest BCUT2D eigenvalue weighted by atomic mass is 32.1. The topological polar surface area (TPSA) is 45.9 Å². The van der Waals surface area contributed by atoms with Crippen molar-refractivity contribution in [3.8, 4) is 16.6 Å². The molecule has 0 atom stereocenters. The van der Waals surface area contributed by atoms with Crippen LogP contribution in [0.25, 0.3) is 10.6 Å². The van der Waals surface area contributed by atoms with E-state index in [0.29, 0.717) is 13.2 Å². The Morgan fingerprint density at radius 1 is 1.21 bits per heavy atom. The van der Waals surface area contributed by atoms with Crippen LogP contribution < -0.4 is 0 Å². The third-order valence-corrected chi connectivity index (χ3v) is 4.47. The first-order valence-electron chi connectivity index (χ1n) is 6.34. The van der Waals surface area contributed by atoms with E-state index in [0.717, 1.165) is 29.1 Å². The van der Waals surface area contributed by atoms with Crippen LogP contribution in [0.4, 0.5) is 0 Å². The number of aromatic nitrogens is 1. The van der Waals surface area contributed by atoms with Crippen molar-refractivity contribution in [2.75, 3.05) is 13.2 Å². The summed E-state index contributed by atoms with van der Waals surface area (Å²) in [4.78, 5) is 4.69. The van der Waals surface area contributed by atoms with Gasteiger partial charge in [0.1, 0.15) is 10.4 Å². The quantitative estimate of drug-likeness (QED) is 0.840. The summed E-state index contributed by atoms with van der Waals surface area (Å²) >= 11 is 1.61. The van der Waals surface area contributed by atoms with E-state index < -0.39 is 5.41 Å². The molecule has 1 aliphatic rings. The zero-order valence-electron chi connectivity index (χ0n) is 10.5. The van der Waals surface area contributed by atoms with Gasteiger partial charge in [-0.25, -0.2) is 4.98 Å². The average Bonchev–Trinajstić information content (AvgIpc) is 2.99. The molecule has 0 aliphatic carbocycles. The van der Waals surface area contributed by atoms with Gasteiger partial charge >= 0.3 is 0 Å². The lowest BCUT2D eigenvalue weighted by atomic mass is 9.79. The largest absolute Gasteiger partial charge is 0.381 e. The van der Waals surface area contributed by atoms with Crippen LogP contribution in [-0.2, 0) is 10.2 Å². The van der Waals surface area contributed by atoms with Gasteiger partial charge in [0.25, 0.3) is 0 Å². The highest BCUT2D eigenvalue weighted by Crippen LogP contribution is 2.36. The van der Waals surface area contributed by atoms with Gasteiger partial charge in [-0.2, -0.15) is 5.26 Å². The second-order valence-corrected chi connectivity index (χ2v) is 5.57. The zero-order valence-corrected chi connectivity index (χ0v) is 11.3. The maximum atomic E-state index is 9.53. The number of hydrogen-bond acceptors (Lipinski definition) is 4. The van der Waals surface area contributed by atoms with Crippen molar-refractivity contribution < 1.29 is 4.74 Å². The normalized spacial score (nSPS) is 17.8. The third kappa shape index (κ3) is 2.27. The summed E-state index contributed by atoms with van der Waals surface area (Å²) in [5.74, 6) is 0. The summed E-state index contributed by atoms with van der Waals surface area (Å²) in [5, 5.41) is 12.5. The predicted octanol–water partition coefficient (Wildman–Crippen LogP) is 3.38. The smallest absolute Gasteiger partial charge is 0.123 e. The fourth-order valence-corrected chi connectivity index (χ4v) is 3.28. The Kier molecular flexibility index (Phi) is 3.33. The van der Waals surface area contributed by atoms with E-state index in [-0.39, 0.29) is 0 Å². The van der Waals surface area contributed by atoms with E-state index in [1.54, 1.807) is 11.3 Å². The van der Waals surface area contributed by atoms with Gasteiger partial charge in [-0.15, -0.1) is 11.3 Å². The molecule has 96 valence electrons. The first-order chi connectivity index (χ1) is 9.34. The molecular weight excluding hydrogens is 256 g/mol. The molecule has 0 amide bonds. The SMILES string of the molecule is N#CC1(c2csc(-c3ccccc3)n2)CCOCC1. The van der Waals surface area contributed by atoms with Gasteiger partial charge in [0.05, 0.1) is 11.8 Å². The molecule has 19 heavy (non-hydrogen) atoms. The standard InChI is InChI=1S/C15H14N2OS/c16-11-15(6-8-18-9-7-15)13-10-19-14(17-13)12-4-2-1-3-5-12/h1-5,10H,6-9H2. The van der Waals surface area contributed by atoms with Crippen molar-refractivity contribution in [3.63, 3.8) is 0 Å². The first-order valence-corrected chi connectivity index (χ1v) is 7.22. The van der Waals surface area contributed by atoms with E-state index in [1.165, 1.54) is 0 Å². The van der Waals surface area contributed by atoms with Crippen LogP contribution in [0, 0.1) is 11.3 Å². The van der Waals surface area contributed by atoms with Crippen molar-refractivity contribution in [3.05, 3.63) is 41.4 Å². The number of nitrogens with zero attached hydrogens (tertiary/aromatic N) is 2. The van der Waals surface area contributed by atoms with Crippen LogP contribution in [-0.4, -0.2) is 18.2 Å². The molecule has 0 N–H and O–H groups in total. The molecule has 0 radical (unpaired) electrons. The molecule has 0 saturated carbocycles. The van der Waals surface area contributed by atoms with Crippen LogP contribution in [0.5, 0.6) is 0 Å². The third-order valence-electron chi connectivity index (χ3n) is 3.58. The van der Waals surface area contributed by atoms with Crippen LogP contribution in [0.15, 0.2) is 35.7 Å². The maximum Gasteiger partial charge on any atom is 0.123 e. The molecule has 1 aromatic carbocycles. The summed E-state index contributed by atoms with van der Waals surface area (Å²) in [5.41, 5.74) is 1.56. The summed E-state index contributed by atoms with van der Waals surface area (Å²) in [6.07, 6.45) is 1.48. The molecule has 0 unspecified atom stereocenters. The number of thiazole rings is 1. The molecule has 3 nitrogen and oxygen atoms in total. The Labute approximate surface area is 116 Å². The molecule has 1 aromatic heterocycles. The van der Waals surface area contributed by atoms with Crippen molar-refractivity contribution in [2.24, 2.45) is 0 Å². The Morgan fingerprint density at radius 2 is 1.95 bits per heavy atom. The fourth-order valence-electron chi connectivity index (χ4n) is 2.35. The van der Waals surface area contributed by atoms with Crippen molar-refractivity contribution in [1.82, 2.24) is 4.98 Å². The van der Waals surface area contributed by atoms with Gasteiger partial charge in [-0.1, -0.05) is 30.3 Å². The van der Waals surface area contributed by atoms with Gasteiger partial charge < -0.3 is 4.74 Å².